The summed E-state index contributed by atoms with van der Waals surface area (Å²) in [6, 6.07) is 0. The number of hydrogen-bond acceptors (Lipinski definition) is 2. The third-order valence-corrected chi connectivity index (χ3v) is 8.91. The fourth-order valence-corrected chi connectivity index (χ4v) is 8.47. The lowest BCUT2D eigenvalue weighted by atomic mass is 10.9. The molecule has 0 nitrogen and oxygen atoms in total. The van der Waals surface area contributed by atoms with Gasteiger partial charge in [-0.2, -0.15) is 23.5 Å². The summed E-state index contributed by atoms with van der Waals surface area (Å²) in [5.41, 5.74) is 0. The van der Waals surface area contributed by atoms with Crippen molar-refractivity contribution in [2.24, 2.45) is 0 Å². The Labute approximate surface area is 103 Å². The predicted octanol–water partition coefficient (Wildman–Crippen LogP) is 1.96. The highest BCUT2D eigenvalue weighted by atomic mass is 32.2. The molecule has 14 heavy (non-hydrogen) atoms. The molecule has 0 saturated carbocycles. The standard InChI is InChI=1S/C10H22S4/c1-13-7-3-11-5-9-14(2)10-6-12-4-8-13/h3-10H2,1-2H3/q+2. The van der Waals surface area contributed by atoms with Crippen molar-refractivity contribution >= 4 is 45.3 Å². The second-order valence-electron chi connectivity index (χ2n) is 3.60. The zero-order chi connectivity index (χ0) is 10.2. The zero-order valence-electron chi connectivity index (χ0n) is 9.29. The highest BCUT2D eigenvalue weighted by Gasteiger charge is 2.15. The van der Waals surface area contributed by atoms with Gasteiger partial charge in [-0.15, -0.1) is 0 Å². The van der Waals surface area contributed by atoms with Crippen LogP contribution in [0.5, 0.6) is 0 Å². The maximum absolute atomic E-state index is 2.44. The number of hydrogen-bond donors (Lipinski definition) is 0. The largest absolute Gasteiger partial charge is 0.152 e. The van der Waals surface area contributed by atoms with Crippen molar-refractivity contribution in [3.8, 4) is 0 Å². The quantitative estimate of drug-likeness (QED) is 0.617. The van der Waals surface area contributed by atoms with Crippen molar-refractivity contribution in [1.82, 2.24) is 0 Å². The molecule has 0 amide bonds. The Morgan fingerprint density at radius 1 is 0.643 bits per heavy atom. The molecule has 0 aromatic carbocycles. The van der Waals surface area contributed by atoms with E-state index in [2.05, 4.69) is 36.0 Å². The minimum atomic E-state index is 0.701. The van der Waals surface area contributed by atoms with Crippen molar-refractivity contribution in [2.45, 2.75) is 0 Å². The predicted molar refractivity (Wildman–Crippen MR) is 80.7 cm³/mol. The Morgan fingerprint density at radius 3 is 1.21 bits per heavy atom. The Kier molecular flexibility index (Phi) is 8.21. The summed E-state index contributed by atoms with van der Waals surface area (Å²) >= 11 is 4.36. The maximum atomic E-state index is 2.44. The summed E-state index contributed by atoms with van der Waals surface area (Å²) in [4.78, 5) is 0. The van der Waals surface area contributed by atoms with Crippen LogP contribution in [0.4, 0.5) is 0 Å². The third kappa shape index (κ3) is 6.81. The Morgan fingerprint density at radius 2 is 0.929 bits per heavy atom. The van der Waals surface area contributed by atoms with Crippen LogP contribution in [0.3, 0.4) is 0 Å². The van der Waals surface area contributed by atoms with Crippen molar-refractivity contribution < 1.29 is 0 Å². The summed E-state index contributed by atoms with van der Waals surface area (Å²) in [6.07, 6.45) is 4.88. The van der Waals surface area contributed by atoms with Gasteiger partial charge in [-0.25, -0.2) is 0 Å². The van der Waals surface area contributed by atoms with E-state index in [1.165, 1.54) is 46.0 Å². The fourth-order valence-electron chi connectivity index (χ4n) is 1.21. The molecule has 0 aliphatic carbocycles. The zero-order valence-corrected chi connectivity index (χ0v) is 12.6. The van der Waals surface area contributed by atoms with E-state index in [0.29, 0.717) is 21.8 Å². The van der Waals surface area contributed by atoms with E-state index in [9.17, 15) is 0 Å². The molecule has 0 atom stereocenters. The molecule has 0 radical (unpaired) electrons. The maximum Gasteiger partial charge on any atom is 0.116 e. The molecule has 1 fully saturated rings. The van der Waals surface area contributed by atoms with Crippen molar-refractivity contribution in [2.75, 3.05) is 58.5 Å². The molecular formula is C10H22S4+2. The average Bonchev–Trinajstić information content (AvgIpc) is 2.14. The minimum absolute atomic E-state index is 0.701. The molecule has 0 spiro atoms. The molecule has 1 rings (SSSR count). The third-order valence-electron chi connectivity index (χ3n) is 2.30. The first-order chi connectivity index (χ1) is 6.79. The first kappa shape index (κ1) is 13.5. The summed E-state index contributed by atoms with van der Waals surface area (Å²) < 4.78 is 0. The minimum Gasteiger partial charge on any atom is -0.152 e. The molecule has 0 N–H and O–H groups in total. The highest BCUT2D eigenvalue weighted by molar-refractivity contribution is 8.05. The summed E-state index contributed by atoms with van der Waals surface area (Å²) in [7, 11) is 1.40. The Balaban J connectivity index is 2.19. The highest BCUT2D eigenvalue weighted by Crippen LogP contribution is 2.10. The topological polar surface area (TPSA) is 0 Å². The van der Waals surface area contributed by atoms with Crippen molar-refractivity contribution in [3.63, 3.8) is 0 Å². The lowest BCUT2D eigenvalue weighted by Crippen LogP contribution is -2.18. The van der Waals surface area contributed by atoms with Crippen LogP contribution < -0.4 is 0 Å². The van der Waals surface area contributed by atoms with E-state index < -0.39 is 0 Å². The molecule has 0 aromatic rings. The van der Waals surface area contributed by atoms with E-state index >= 15 is 0 Å². The van der Waals surface area contributed by atoms with Gasteiger partial charge in [-0.05, 0) is 21.8 Å². The van der Waals surface area contributed by atoms with E-state index in [0.717, 1.165) is 0 Å². The van der Waals surface area contributed by atoms with Crippen molar-refractivity contribution in [3.05, 3.63) is 0 Å². The van der Waals surface area contributed by atoms with E-state index in [-0.39, 0.29) is 0 Å². The van der Waals surface area contributed by atoms with Gasteiger partial charge in [0.15, 0.2) is 0 Å². The second-order valence-corrected chi connectivity index (χ2v) is 10.8. The molecule has 1 saturated heterocycles. The van der Waals surface area contributed by atoms with Crippen LogP contribution in [-0.2, 0) is 21.8 Å². The molecule has 0 bridgehead atoms. The normalized spacial score (nSPS) is 33.0. The van der Waals surface area contributed by atoms with Crippen LogP contribution in [0.2, 0.25) is 0 Å². The Bertz CT molecular complexity index is 112. The number of thioether (sulfide) groups is 2. The number of rotatable bonds is 0. The molecule has 1 aliphatic heterocycles. The molecule has 0 unspecified atom stereocenters. The molecule has 4 heteroatoms. The van der Waals surface area contributed by atoms with Crippen LogP contribution in [0.25, 0.3) is 0 Å². The first-order valence-corrected chi connectivity index (χ1v) is 11.4. The SMILES string of the molecule is C[S+]1CCSCC[S+](C)CCSCC1. The van der Waals surface area contributed by atoms with Gasteiger partial charge in [0, 0.05) is 23.0 Å². The molecule has 84 valence electrons. The van der Waals surface area contributed by atoms with Gasteiger partial charge in [0.25, 0.3) is 0 Å². The molecule has 1 aliphatic rings. The summed E-state index contributed by atoms with van der Waals surface area (Å²) in [5, 5.41) is 0. The van der Waals surface area contributed by atoms with Gasteiger partial charge in [-0.1, -0.05) is 0 Å². The van der Waals surface area contributed by atoms with Gasteiger partial charge in [-0.3, -0.25) is 0 Å². The van der Waals surface area contributed by atoms with E-state index in [4.69, 9.17) is 0 Å². The second kappa shape index (κ2) is 8.54. The van der Waals surface area contributed by atoms with Crippen LogP contribution in [0.1, 0.15) is 0 Å². The molecular weight excluding hydrogens is 248 g/mol. The van der Waals surface area contributed by atoms with Gasteiger partial charge >= 0.3 is 0 Å². The van der Waals surface area contributed by atoms with Gasteiger partial charge in [0.1, 0.15) is 23.0 Å². The van der Waals surface area contributed by atoms with Crippen LogP contribution in [0, 0.1) is 0 Å². The fraction of sp³-hybridized carbons (Fsp3) is 1.00. The average molecular weight is 271 g/mol. The van der Waals surface area contributed by atoms with Crippen LogP contribution >= 0.6 is 23.5 Å². The van der Waals surface area contributed by atoms with E-state index in [1.807, 2.05) is 0 Å². The lowest BCUT2D eigenvalue weighted by molar-refractivity contribution is 1.40. The molecule has 1 heterocycles. The van der Waals surface area contributed by atoms with Gasteiger partial charge in [0.05, 0.1) is 12.5 Å². The van der Waals surface area contributed by atoms with Gasteiger partial charge < -0.3 is 0 Å². The smallest absolute Gasteiger partial charge is 0.116 e. The van der Waals surface area contributed by atoms with E-state index in [1.54, 1.807) is 0 Å². The summed E-state index contributed by atoms with van der Waals surface area (Å²) in [5.74, 6) is 11.5. The summed E-state index contributed by atoms with van der Waals surface area (Å²) in [6.45, 7) is 0. The lowest BCUT2D eigenvalue weighted by Gasteiger charge is -2.07. The Hall–Kier alpha value is 1.40. The van der Waals surface area contributed by atoms with Gasteiger partial charge in [0.2, 0.25) is 0 Å². The monoisotopic (exact) mass is 270 g/mol. The first-order valence-electron chi connectivity index (χ1n) is 5.13. The van der Waals surface area contributed by atoms with Crippen LogP contribution in [-0.4, -0.2) is 58.5 Å². The van der Waals surface area contributed by atoms with Crippen LogP contribution in [0.15, 0.2) is 0 Å². The van der Waals surface area contributed by atoms with Crippen molar-refractivity contribution in [1.29, 1.82) is 0 Å². The molecule has 0 aromatic heterocycles.